The van der Waals surface area contributed by atoms with Gasteiger partial charge in [0.25, 0.3) is 0 Å². The summed E-state index contributed by atoms with van der Waals surface area (Å²) in [5.41, 5.74) is 0.968. The lowest BCUT2D eigenvalue weighted by Crippen LogP contribution is -2.19. The molecule has 7 nitrogen and oxygen atoms in total. The van der Waals surface area contributed by atoms with Gasteiger partial charge in [0.05, 0.1) is 31.0 Å². The van der Waals surface area contributed by atoms with Crippen molar-refractivity contribution < 1.29 is 27.1 Å². The van der Waals surface area contributed by atoms with E-state index in [1.807, 2.05) is 22.8 Å². The summed E-state index contributed by atoms with van der Waals surface area (Å²) in [5, 5.41) is 8.71. The largest absolute Gasteiger partial charge is 0.496 e. The van der Waals surface area contributed by atoms with Crippen LogP contribution in [-0.2, 0) is 24.1 Å². The topological polar surface area (TPSA) is 75.2 Å². The second-order valence-electron chi connectivity index (χ2n) is 8.29. The molecule has 1 aliphatic rings. The number of rotatable bonds is 6. The zero-order valence-corrected chi connectivity index (χ0v) is 19.2. The number of hydrogen-bond donors (Lipinski definition) is 0. The Hall–Kier alpha value is -3.66. The molecule has 182 valence electrons. The van der Waals surface area contributed by atoms with Crippen molar-refractivity contribution in [2.45, 2.75) is 45.2 Å². The van der Waals surface area contributed by atoms with Gasteiger partial charge in [0.15, 0.2) is 23.3 Å². The van der Waals surface area contributed by atoms with Crippen LogP contribution in [0.4, 0.5) is 13.2 Å². The van der Waals surface area contributed by atoms with Gasteiger partial charge >= 0.3 is 6.18 Å². The molecule has 0 fully saturated rings. The van der Waals surface area contributed by atoms with Crippen LogP contribution < -0.4 is 4.74 Å². The van der Waals surface area contributed by atoms with Gasteiger partial charge in [-0.05, 0) is 36.6 Å². The summed E-state index contributed by atoms with van der Waals surface area (Å²) in [6, 6.07) is 11.1. The highest BCUT2D eigenvalue weighted by atomic mass is 19.4. The number of fused-ring (bicyclic) bond motifs is 1. The van der Waals surface area contributed by atoms with Gasteiger partial charge in [-0.1, -0.05) is 24.3 Å². The summed E-state index contributed by atoms with van der Waals surface area (Å²) in [6.45, 7) is 2.29. The molecule has 5 rings (SSSR count). The fourth-order valence-electron chi connectivity index (χ4n) is 4.34. The predicted molar refractivity (Wildman–Crippen MR) is 120 cm³/mol. The lowest BCUT2D eigenvalue weighted by Gasteiger charge is -2.24. The van der Waals surface area contributed by atoms with Crippen molar-refractivity contribution in [3.63, 3.8) is 0 Å². The molecule has 2 aromatic carbocycles. The first kappa shape index (κ1) is 23.1. The molecule has 0 bridgehead atoms. The highest BCUT2D eigenvalue weighted by Gasteiger charge is 2.34. The van der Waals surface area contributed by atoms with E-state index < -0.39 is 17.8 Å². The number of halogens is 3. The van der Waals surface area contributed by atoms with Crippen LogP contribution in [0, 0.1) is 6.92 Å². The molecular formula is C25H23F3N4O3. The highest BCUT2D eigenvalue weighted by Crippen LogP contribution is 2.37. The molecule has 0 N–H and O–H groups in total. The van der Waals surface area contributed by atoms with E-state index in [-0.39, 0.29) is 12.2 Å². The van der Waals surface area contributed by atoms with Crippen molar-refractivity contribution in [3.05, 3.63) is 71.5 Å². The number of methoxy groups -OCH3 is 1. The van der Waals surface area contributed by atoms with Crippen LogP contribution in [0.25, 0.3) is 22.7 Å². The molecule has 10 heteroatoms. The summed E-state index contributed by atoms with van der Waals surface area (Å²) in [6.07, 6.45) is -1.81. The number of aryl methyl sites for hydroxylation is 1. The molecule has 0 saturated heterocycles. The maximum absolute atomic E-state index is 13.3. The maximum Gasteiger partial charge on any atom is 0.416 e. The Labute approximate surface area is 199 Å². The van der Waals surface area contributed by atoms with Gasteiger partial charge in [-0.2, -0.15) is 13.2 Å². The molecule has 4 aromatic rings. The van der Waals surface area contributed by atoms with Crippen molar-refractivity contribution in [1.29, 1.82) is 0 Å². The molecule has 0 radical (unpaired) electrons. The fraction of sp³-hybridized carbons (Fsp3) is 0.320. The number of oxazole rings is 1. The van der Waals surface area contributed by atoms with Crippen LogP contribution in [0.15, 0.2) is 53.1 Å². The number of alkyl halides is 3. The molecule has 0 spiro atoms. The Balaban J connectivity index is 1.40. The first-order valence-electron chi connectivity index (χ1n) is 11.2. The van der Waals surface area contributed by atoms with Crippen LogP contribution in [0.3, 0.4) is 0 Å². The van der Waals surface area contributed by atoms with Crippen LogP contribution in [0.5, 0.6) is 5.75 Å². The molecule has 2 aromatic heterocycles. The summed E-state index contributed by atoms with van der Waals surface area (Å²) >= 11 is 0. The summed E-state index contributed by atoms with van der Waals surface area (Å²) in [7, 11) is 1.58. The normalized spacial score (nSPS) is 15.7. The number of ether oxygens (including phenoxy) is 2. The average Bonchev–Trinajstić information content (AvgIpc) is 3.48. The number of nitrogens with zero attached hydrogens (tertiary/aromatic N) is 4. The van der Waals surface area contributed by atoms with E-state index in [4.69, 9.17) is 13.9 Å². The van der Waals surface area contributed by atoms with Crippen molar-refractivity contribution in [2.75, 3.05) is 7.11 Å². The molecule has 0 amide bonds. The zero-order valence-electron chi connectivity index (χ0n) is 19.2. The second kappa shape index (κ2) is 9.18. The Kier molecular flexibility index (Phi) is 6.06. The van der Waals surface area contributed by atoms with Gasteiger partial charge in [-0.15, -0.1) is 10.2 Å². The van der Waals surface area contributed by atoms with Gasteiger partial charge < -0.3 is 18.5 Å². The van der Waals surface area contributed by atoms with Gasteiger partial charge in [-0.3, -0.25) is 0 Å². The minimum atomic E-state index is -4.44. The Morgan fingerprint density at radius 2 is 1.97 bits per heavy atom. The first-order chi connectivity index (χ1) is 16.8. The second-order valence-corrected chi connectivity index (χ2v) is 8.29. The number of aromatic nitrogens is 4. The average molecular weight is 484 g/mol. The molecule has 1 unspecified atom stereocenters. The molecule has 0 saturated carbocycles. The van der Waals surface area contributed by atoms with Gasteiger partial charge in [0, 0.05) is 19.0 Å². The quantitative estimate of drug-likeness (QED) is 0.335. The summed E-state index contributed by atoms with van der Waals surface area (Å²) in [4.78, 5) is 4.14. The minimum Gasteiger partial charge on any atom is -0.496 e. The minimum absolute atomic E-state index is 0.0971. The van der Waals surface area contributed by atoms with Crippen LogP contribution in [0.1, 0.15) is 41.8 Å². The smallest absolute Gasteiger partial charge is 0.416 e. The van der Waals surface area contributed by atoms with Gasteiger partial charge in [0.2, 0.25) is 0 Å². The van der Waals surface area contributed by atoms with E-state index in [1.54, 1.807) is 26.3 Å². The Morgan fingerprint density at radius 3 is 2.71 bits per heavy atom. The van der Waals surface area contributed by atoms with Gasteiger partial charge in [0.1, 0.15) is 11.9 Å². The van der Waals surface area contributed by atoms with E-state index in [0.717, 1.165) is 23.6 Å². The van der Waals surface area contributed by atoms with E-state index in [9.17, 15) is 13.2 Å². The Morgan fingerprint density at radius 1 is 1.14 bits per heavy atom. The lowest BCUT2D eigenvalue weighted by molar-refractivity contribution is -0.139. The maximum atomic E-state index is 13.3. The predicted octanol–water partition coefficient (Wildman–Crippen LogP) is 5.99. The van der Waals surface area contributed by atoms with E-state index in [0.29, 0.717) is 42.0 Å². The SMILES string of the molecule is COc1cc(-c2nnc3n2CCCC3OCc2ccccc2C(F)(F)F)ccc1-c1cnc(C)o1. The first-order valence-corrected chi connectivity index (χ1v) is 11.2. The molecule has 3 heterocycles. The van der Waals surface area contributed by atoms with Crippen LogP contribution in [0.2, 0.25) is 0 Å². The summed E-state index contributed by atoms with van der Waals surface area (Å²) in [5.74, 6) is 3.00. The van der Waals surface area contributed by atoms with Crippen molar-refractivity contribution in [2.24, 2.45) is 0 Å². The third-order valence-corrected chi connectivity index (χ3v) is 6.02. The van der Waals surface area contributed by atoms with Crippen molar-refractivity contribution in [3.8, 4) is 28.5 Å². The number of benzene rings is 2. The standard InChI is InChI=1S/C25H23F3N4O3/c1-15-29-13-22(35-15)18-10-9-16(12-21(18)33-2)23-30-31-24-20(8-5-11-32(23)24)34-14-17-6-3-4-7-19(17)25(26,27)28/h3-4,6-7,9-10,12-13,20H,5,8,11,14H2,1-2H3. The van der Waals surface area contributed by atoms with Crippen LogP contribution in [-0.4, -0.2) is 26.9 Å². The zero-order chi connectivity index (χ0) is 24.6. The van der Waals surface area contributed by atoms with E-state index in [1.165, 1.54) is 12.1 Å². The molecule has 1 aliphatic heterocycles. The molecule has 35 heavy (non-hydrogen) atoms. The third-order valence-electron chi connectivity index (χ3n) is 6.02. The molecular weight excluding hydrogens is 461 g/mol. The molecule has 1 atom stereocenters. The number of hydrogen-bond acceptors (Lipinski definition) is 6. The monoisotopic (exact) mass is 484 g/mol. The van der Waals surface area contributed by atoms with E-state index >= 15 is 0 Å². The third kappa shape index (κ3) is 4.53. The highest BCUT2D eigenvalue weighted by molar-refractivity contribution is 5.71. The van der Waals surface area contributed by atoms with Gasteiger partial charge in [-0.25, -0.2) is 4.98 Å². The van der Waals surface area contributed by atoms with Crippen LogP contribution >= 0.6 is 0 Å². The fourth-order valence-corrected chi connectivity index (χ4v) is 4.34. The lowest BCUT2D eigenvalue weighted by atomic mass is 10.1. The molecule has 0 aliphatic carbocycles. The van der Waals surface area contributed by atoms with Crippen molar-refractivity contribution in [1.82, 2.24) is 19.7 Å². The van der Waals surface area contributed by atoms with E-state index in [2.05, 4.69) is 15.2 Å². The Bertz CT molecular complexity index is 1350. The van der Waals surface area contributed by atoms with Crippen molar-refractivity contribution >= 4 is 0 Å². The summed E-state index contributed by atoms with van der Waals surface area (Å²) < 4.78 is 59.1.